The number of hydrogen-bond donors (Lipinski definition) is 2. The molecule has 0 fully saturated rings. The minimum absolute atomic E-state index is 0.00123. The summed E-state index contributed by atoms with van der Waals surface area (Å²) in [6.07, 6.45) is 1.60. The Bertz CT molecular complexity index is 745. The standard InChI is InChI=1S/C18H24N4O3S2/c1-4-12(5-2)15(23)19-14-8-6-13(7-9-14)16(24)20-17-21-22-18(27-17)26-11-10-25-3/h6-9,12H,4-5,10-11H2,1-3H3,(H,19,23)(H,20,21,24). The number of rotatable bonds is 10. The first-order valence-electron chi connectivity index (χ1n) is 8.74. The molecule has 2 rings (SSSR count). The molecule has 0 unspecified atom stereocenters. The first-order chi connectivity index (χ1) is 13.1. The van der Waals surface area contributed by atoms with Crippen molar-refractivity contribution in [2.24, 2.45) is 5.92 Å². The molecule has 1 heterocycles. The molecule has 0 saturated carbocycles. The van der Waals surface area contributed by atoms with E-state index in [1.807, 2.05) is 13.8 Å². The predicted octanol–water partition coefficient (Wildman–Crippen LogP) is 3.90. The fourth-order valence-electron chi connectivity index (χ4n) is 2.31. The number of nitrogens with one attached hydrogen (secondary N) is 2. The molecule has 0 bridgehead atoms. The van der Waals surface area contributed by atoms with Crippen LogP contribution in [0, 0.1) is 5.92 Å². The van der Waals surface area contributed by atoms with Crippen molar-refractivity contribution in [2.75, 3.05) is 30.1 Å². The van der Waals surface area contributed by atoms with Crippen LogP contribution < -0.4 is 10.6 Å². The van der Waals surface area contributed by atoms with Gasteiger partial charge in [0.05, 0.1) is 6.61 Å². The van der Waals surface area contributed by atoms with Crippen molar-refractivity contribution in [1.29, 1.82) is 0 Å². The second kappa shape index (κ2) is 11.0. The Balaban J connectivity index is 1.91. The van der Waals surface area contributed by atoms with Crippen LogP contribution in [0.3, 0.4) is 0 Å². The molecule has 2 amide bonds. The zero-order valence-corrected chi connectivity index (χ0v) is 17.3. The first kappa shape index (κ1) is 21.3. The van der Waals surface area contributed by atoms with Crippen molar-refractivity contribution >= 4 is 45.7 Å². The fraction of sp³-hybridized carbons (Fsp3) is 0.444. The Kier molecular flexibility index (Phi) is 8.70. The molecule has 2 aromatic rings. The van der Waals surface area contributed by atoms with E-state index in [9.17, 15) is 9.59 Å². The summed E-state index contributed by atoms with van der Waals surface area (Å²) in [6.45, 7) is 4.62. The number of carbonyl (C=O) groups excluding carboxylic acids is 2. The van der Waals surface area contributed by atoms with E-state index in [1.54, 1.807) is 31.4 Å². The van der Waals surface area contributed by atoms with E-state index >= 15 is 0 Å². The van der Waals surface area contributed by atoms with Gasteiger partial charge in [-0.2, -0.15) is 0 Å². The molecule has 1 aromatic heterocycles. The van der Waals surface area contributed by atoms with E-state index in [0.717, 1.165) is 22.9 Å². The molecule has 0 spiro atoms. The summed E-state index contributed by atoms with van der Waals surface area (Å²) in [7, 11) is 1.65. The van der Waals surface area contributed by atoms with Gasteiger partial charge in [-0.15, -0.1) is 10.2 Å². The van der Waals surface area contributed by atoms with E-state index in [1.165, 1.54) is 23.1 Å². The second-order valence-corrected chi connectivity index (χ2v) is 8.07. The number of thioether (sulfide) groups is 1. The van der Waals surface area contributed by atoms with Crippen molar-refractivity contribution in [3.05, 3.63) is 29.8 Å². The van der Waals surface area contributed by atoms with Crippen molar-refractivity contribution < 1.29 is 14.3 Å². The molecule has 0 aliphatic heterocycles. The van der Waals surface area contributed by atoms with Crippen molar-refractivity contribution in [3.8, 4) is 0 Å². The number of aromatic nitrogens is 2. The average molecular weight is 409 g/mol. The average Bonchev–Trinajstić information content (AvgIpc) is 3.10. The number of ether oxygens (including phenoxy) is 1. The molecule has 1 aromatic carbocycles. The lowest BCUT2D eigenvalue weighted by molar-refractivity contribution is -0.120. The van der Waals surface area contributed by atoms with Crippen LogP contribution in [0.15, 0.2) is 28.6 Å². The Morgan fingerprint density at radius 1 is 1.15 bits per heavy atom. The van der Waals surface area contributed by atoms with E-state index in [-0.39, 0.29) is 17.7 Å². The number of nitrogens with zero attached hydrogens (tertiary/aromatic N) is 2. The number of anilines is 2. The maximum absolute atomic E-state index is 12.3. The van der Waals surface area contributed by atoms with Crippen LogP contribution in [-0.2, 0) is 9.53 Å². The van der Waals surface area contributed by atoms with Crippen LogP contribution in [0.25, 0.3) is 0 Å². The number of benzene rings is 1. The summed E-state index contributed by atoms with van der Waals surface area (Å²) < 4.78 is 5.77. The molecule has 0 atom stereocenters. The summed E-state index contributed by atoms with van der Waals surface area (Å²) in [5.41, 5.74) is 1.16. The van der Waals surface area contributed by atoms with E-state index in [2.05, 4.69) is 20.8 Å². The van der Waals surface area contributed by atoms with Crippen LogP contribution in [0.5, 0.6) is 0 Å². The molecular weight excluding hydrogens is 384 g/mol. The molecule has 0 radical (unpaired) electrons. The van der Waals surface area contributed by atoms with Crippen LogP contribution in [0.4, 0.5) is 10.8 Å². The van der Waals surface area contributed by atoms with Gasteiger partial charge in [-0.05, 0) is 37.1 Å². The molecule has 27 heavy (non-hydrogen) atoms. The zero-order valence-electron chi connectivity index (χ0n) is 15.7. The third-order valence-corrected chi connectivity index (χ3v) is 5.85. The Labute approximate surface area is 167 Å². The van der Waals surface area contributed by atoms with Gasteiger partial charge >= 0.3 is 0 Å². The van der Waals surface area contributed by atoms with Crippen LogP contribution >= 0.6 is 23.1 Å². The Morgan fingerprint density at radius 2 is 1.85 bits per heavy atom. The third-order valence-electron chi connectivity index (χ3n) is 3.91. The number of hydrogen-bond acceptors (Lipinski definition) is 7. The smallest absolute Gasteiger partial charge is 0.257 e. The summed E-state index contributed by atoms with van der Waals surface area (Å²) in [4.78, 5) is 24.4. The minimum atomic E-state index is -0.266. The summed E-state index contributed by atoms with van der Waals surface area (Å²) in [5, 5.41) is 14.1. The van der Waals surface area contributed by atoms with Crippen LogP contribution in [0.2, 0.25) is 0 Å². The number of carbonyl (C=O) groups is 2. The van der Waals surface area contributed by atoms with E-state index in [0.29, 0.717) is 23.0 Å². The first-order valence-corrected chi connectivity index (χ1v) is 10.5. The van der Waals surface area contributed by atoms with Crippen molar-refractivity contribution in [3.63, 3.8) is 0 Å². The summed E-state index contributed by atoms with van der Waals surface area (Å²) in [6, 6.07) is 6.79. The van der Waals surface area contributed by atoms with Gasteiger partial charge in [-0.25, -0.2) is 0 Å². The normalized spacial score (nSPS) is 10.8. The Morgan fingerprint density at radius 3 is 2.48 bits per heavy atom. The lowest BCUT2D eigenvalue weighted by atomic mass is 10.0. The highest BCUT2D eigenvalue weighted by molar-refractivity contribution is 8.01. The molecular formula is C18H24N4O3S2. The van der Waals surface area contributed by atoms with Gasteiger partial charge in [0.2, 0.25) is 11.0 Å². The molecule has 0 aliphatic rings. The summed E-state index contributed by atoms with van der Waals surface area (Å²) >= 11 is 2.85. The van der Waals surface area contributed by atoms with Gasteiger partial charge in [0.15, 0.2) is 4.34 Å². The monoisotopic (exact) mass is 408 g/mol. The molecule has 2 N–H and O–H groups in total. The predicted molar refractivity (Wildman–Crippen MR) is 110 cm³/mol. The SMILES string of the molecule is CCC(CC)C(=O)Nc1ccc(C(=O)Nc2nnc(SCCOC)s2)cc1. The third kappa shape index (κ3) is 6.60. The fourth-order valence-corrected chi connectivity index (χ4v) is 4.03. The van der Waals surface area contributed by atoms with Gasteiger partial charge in [-0.3, -0.25) is 14.9 Å². The second-order valence-electron chi connectivity index (χ2n) is 5.75. The lowest BCUT2D eigenvalue weighted by Crippen LogP contribution is -2.21. The topological polar surface area (TPSA) is 93.2 Å². The number of methoxy groups -OCH3 is 1. The maximum atomic E-state index is 12.3. The highest BCUT2D eigenvalue weighted by Crippen LogP contribution is 2.25. The molecule has 146 valence electrons. The highest BCUT2D eigenvalue weighted by Gasteiger charge is 2.15. The number of amides is 2. The maximum Gasteiger partial charge on any atom is 0.257 e. The molecule has 0 aliphatic carbocycles. The largest absolute Gasteiger partial charge is 0.384 e. The van der Waals surface area contributed by atoms with Gasteiger partial charge in [0, 0.05) is 30.0 Å². The van der Waals surface area contributed by atoms with Gasteiger partial charge in [0.1, 0.15) is 0 Å². The van der Waals surface area contributed by atoms with Crippen molar-refractivity contribution in [1.82, 2.24) is 10.2 Å². The Hall–Kier alpha value is -1.97. The highest BCUT2D eigenvalue weighted by atomic mass is 32.2. The van der Waals surface area contributed by atoms with E-state index in [4.69, 9.17) is 4.74 Å². The zero-order chi connectivity index (χ0) is 19.6. The lowest BCUT2D eigenvalue weighted by Gasteiger charge is -2.12. The van der Waals surface area contributed by atoms with Crippen molar-refractivity contribution in [2.45, 2.75) is 31.0 Å². The van der Waals surface area contributed by atoms with Gasteiger partial charge < -0.3 is 10.1 Å². The van der Waals surface area contributed by atoms with E-state index < -0.39 is 0 Å². The molecule has 9 heteroatoms. The molecule has 7 nitrogen and oxygen atoms in total. The molecule has 0 saturated heterocycles. The summed E-state index contributed by atoms with van der Waals surface area (Å²) in [5.74, 6) is 0.520. The quantitative estimate of drug-likeness (QED) is 0.352. The minimum Gasteiger partial charge on any atom is -0.384 e. The van der Waals surface area contributed by atoms with Gasteiger partial charge in [-0.1, -0.05) is 36.9 Å². The van der Waals surface area contributed by atoms with Crippen LogP contribution in [-0.4, -0.2) is 41.5 Å². The van der Waals surface area contributed by atoms with Crippen LogP contribution in [0.1, 0.15) is 37.0 Å². The van der Waals surface area contributed by atoms with Gasteiger partial charge in [0.25, 0.3) is 5.91 Å².